The van der Waals surface area contributed by atoms with Crippen molar-refractivity contribution in [1.82, 2.24) is 0 Å². The summed E-state index contributed by atoms with van der Waals surface area (Å²) in [5.74, 6) is 1.42. The number of hydrogen-bond donors (Lipinski definition) is 0. The van der Waals surface area contributed by atoms with Crippen LogP contribution in [0.15, 0.2) is 23.3 Å². The Hall–Kier alpha value is -0.520. The van der Waals surface area contributed by atoms with Gasteiger partial charge in [-0.3, -0.25) is 0 Å². The van der Waals surface area contributed by atoms with Gasteiger partial charge in [-0.25, -0.2) is 0 Å². The van der Waals surface area contributed by atoms with Crippen molar-refractivity contribution in [3.8, 4) is 0 Å². The van der Waals surface area contributed by atoms with Gasteiger partial charge in [-0.1, -0.05) is 45.4 Å². The van der Waals surface area contributed by atoms with E-state index in [0.29, 0.717) is 5.92 Å². The molecule has 0 heterocycles. The van der Waals surface area contributed by atoms with E-state index in [2.05, 4.69) is 39.8 Å². The highest BCUT2D eigenvalue weighted by molar-refractivity contribution is 5.29. The summed E-state index contributed by atoms with van der Waals surface area (Å²) in [7, 11) is 0. The van der Waals surface area contributed by atoms with Crippen molar-refractivity contribution in [3.63, 3.8) is 0 Å². The third-order valence-corrected chi connectivity index (χ3v) is 2.57. The van der Waals surface area contributed by atoms with Crippen LogP contribution in [0.1, 0.15) is 40.5 Å². The molecule has 0 unspecified atom stereocenters. The first-order valence-electron chi connectivity index (χ1n) is 5.01. The molecular weight excluding hydrogens is 144 g/mol. The summed E-state index contributed by atoms with van der Waals surface area (Å²) >= 11 is 0. The first-order chi connectivity index (χ1) is 5.61. The van der Waals surface area contributed by atoms with Gasteiger partial charge in [0.2, 0.25) is 0 Å². The van der Waals surface area contributed by atoms with Gasteiger partial charge >= 0.3 is 0 Å². The van der Waals surface area contributed by atoms with E-state index >= 15 is 0 Å². The molecule has 0 aromatic rings. The van der Waals surface area contributed by atoms with E-state index < -0.39 is 0 Å². The average molecular weight is 164 g/mol. The molecule has 0 atom stereocenters. The van der Waals surface area contributed by atoms with Gasteiger partial charge in [0, 0.05) is 0 Å². The summed E-state index contributed by atoms with van der Waals surface area (Å²) in [6.45, 7) is 9.11. The fraction of sp³-hybridized carbons (Fsp3) is 0.667. The number of allylic oxidation sites excluding steroid dienone is 4. The van der Waals surface area contributed by atoms with Crippen molar-refractivity contribution in [2.24, 2.45) is 11.8 Å². The summed E-state index contributed by atoms with van der Waals surface area (Å²) in [6.07, 6.45) is 7.31. The third-order valence-electron chi connectivity index (χ3n) is 2.57. The Morgan fingerprint density at radius 3 is 2.25 bits per heavy atom. The average Bonchev–Trinajstić information content (AvgIpc) is 2.04. The summed E-state index contributed by atoms with van der Waals surface area (Å²) in [6, 6.07) is 0. The maximum Gasteiger partial charge on any atom is -0.0222 e. The lowest BCUT2D eigenvalue weighted by Gasteiger charge is -2.18. The lowest BCUT2D eigenvalue weighted by Crippen LogP contribution is -2.02. The fourth-order valence-corrected chi connectivity index (χ4v) is 1.61. The Balaban J connectivity index is 2.74. The molecule has 0 nitrogen and oxygen atoms in total. The standard InChI is InChI=1S/C12H20/c1-9(2)11-6-5-7-12(8-11)10(3)4/h6,8-10H,5,7H2,1-4H3. The predicted octanol–water partition coefficient (Wildman–Crippen LogP) is 3.95. The molecule has 1 aliphatic rings. The Morgan fingerprint density at radius 1 is 1.08 bits per heavy atom. The highest BCUT2D eigenvalue weighted by atomic mass is 14.2. The topological polar surface area (TPSA) is 0 Å². The van der Waals surface area contributed by atoms with Crippen LogP contribution in [-0.2, 0) is 0 Å². The molecule has 12 heavy (non-hydrogen) atoms. The lowest BCUT2D eigenvalue weighted by molar-refractivity contribution is 0.685. The molecule has 0 aliphatic heterocycles. The highest BCUT2D eigenvalue weighted by Crippen LogP contribution is 2.26. The first-order valence-corrected chi connectivity index (χ1v) is 5.01. The molecule has 0 saturated heterocycles. The molecule has 0 spiro atoms. The van der Waals surface area contributed by atoms with E-state index in [-0.39, 0.29) is 0 Å². The van der Waals surface area contributed by atoms with E-state index in [9.17, 15) is 0 Å². The first kappa shape index (κ1) is 9.57. The molecule has 1 aliphatic carbocycles. The van der Waals surface area contributed by atoms with Gasteiger partial charge in [0.25, 0.3) is 0 Å². The Morgan fingerprint density at radius 2 is 1.75 bits per heavy atom. The zero-order chi connectivity index (χ0) is 9.14. The largest absolute Gasteiger partial charge is 0.0807 e. The van der Waals surface area contributed by atoms with Gasteiger partial charge < -0.3 is 0 Å². The van der Waals surface area contributed by atoms with E-state index in [0.717, 1.165) is 5.92 Å². The molecular formula is C12H20. The van der Waals surface area contributed by atoms with Gasteiger partial charge in [0.05, 0.1) is 0 Å². The molecule has 68 valence electrons. The van der Waals surface area contributed by atoms with Crippen LogP contribution >= 0.6 is 0 Å². The number of rotatable bonds is 2. The molecule has 0 aromatic carbocycles. The lowest BCUT2D eigenvalue weighted by atomic mass is 9.88. The van der Waals surface area contributed by atoms with Crippen molar-refractivity contribution >= 4 is 0 Å². The van der Waals surface area contributed by atoms with Crippen LogP contribution in [0.3, 0.4) is 0 Å². The third kappa shape index (κ3) is 2.23. The monoisotopic (exact) mass is 164 g/mol. The van der Waals surface area contributed by atoms with Gasteiger partial charge in [-0.05, 0) is 30.3 Å². The van der Waals surface area contributed by atoms with Crippen LogP contribution in [0.5, 0.6) is 0 Å². The minimum absolute atomic E-state index is 0.694. The van der Waals surface area contributed by atoms with Crippen LogP contribution in [0, 0.1) is 11.8 Å². The molecule has 0 N–H and O–H groups in total. The summed E-state index contributed by atoms with van der Waals surface area (Å²) in [5.41, 5.74) is 3.16. The smallest absolute Gasteiger partial charge is 0.0222 e. The van der Waals surface area contributed by atoms with E-state index in [1.165, 1.54) is 18.4 Å². The van der Waals surface area contributed by atoms with Crippen molar-refractivity contribution in [1.29, 1.82) is 0 Å². The van der Waals surface area contributed by atoms with Gasteiger partial charge in [-0.2, -0.15) is 0 Å². The predicted molar refractivity (Wildman–Crippen MR) is 55.1 cm³/mol. The summed E-state index contributed by atoms with van der Waals surface area (Å²) < 4.78 is 0. The summed E-state index contributed by atoms with van der Waals surface area (Å²) in [5, 5.41) is 0. The fourth-order valence-electron chi connectivity index (χ4n) is 1.61. The van der Waals surface area contributed by atoms with E-state index in [1.807, 2.05) is 0 Å². The quantitative estimate of drug-likeness (QED) is 0.580. The van der Waals surface area contributed by atoms with Crippen LogP contribution in [-0.4, -0.2) is 0 Å². The zero-order valence-electron chi connectivity index (χ0n) is 8.72. The molecule has 0 fully saturated rings. The molecule has 0 heteroatoms. The van der Waals surface area contributed by atoms with Crippen molar-refractivity contribution in [2.45, 2.75) is 40.5 Å². The number of hydrogen-bond acceptors (Lipinski definition) is 0. The van der Waals surface area contributed by atoms with Crippen molar-refractivity contribution in [3.05, 3.63) is 23.3 Å². The molecule has 0 bridgehead atoms. The minimum Gasteiger partial charge on any atom is -0.0807 e. The van der Waals surface area contributed by atoms with E-state index in [4.69, 9.17) is 0 Å². The van der Waals surface area contributed by atoms with Crippen LogP contribution in [0.4, 0.5) is 0 Å². The molecule has 0 aromatic heterocycles. The second-order valence-corrected chi connectivity index (χ2v) is 4.27. The molecule has 0 saturated carbocycles. The van der Waals surface area contributed by atoms with Crippen LogP contribution in [0.25, 0.3) is 0 Å². The van der Waals surface area contributed by atoms with E-state index in [1.54, 1.807) is 5.57 Å². The van der Waals surface area contributed by atoms with Gasteiger partial charge in [0.15, 0.2) is 0 Å². The Labute approximate surface area is 76.4 Å². The zero-order valence-corrected chi connectivity index (χ0v) is 8.72. The van der Waals surface area contributed by atoms with Crippen LogP contribution in [0.2, 0.25) is 0 Å². The minimum atomic E-state index is 0.694. The molecule has 1 rings (SSSR count). The van der Waals surface area contributed by atoms with Gasteiger partial charge in [0.1, 0.15) is 0 Å². The van der Waals surface area contributed by atoms with Crippen molar-refractivity contribution < 1.29 is 0 Å². The van der Waals surface area contributed by atoms with Gasteiger partial charge in [-0.15, -0.1) is 0 Å². The SMILES string of the molecule is CC(C)C1=CCCC(C(C)C)=C1. The maximum atomic E-state index is 2.40. The van der Waals surface area contributed by atoms with Crippen LogP contribution < -0.4 is 0 Å². The Bertz CT molecular complexity index is 204. The van der Waals surface area contributed by atoms with Crippen molar-refractivity contribution in [2.75, 3.05) is 0 Å². The normalized spacial score (nSPS) is 18.2. The molecule has 0 radical (unpaired) electrons. The maximum absolute atomic E-state index is 2.40. The second kappa shape index (κ2) is 3.93. The highest BCUT2D eigenvalue weighted by Gasteiger charge is 2.10. The Kier molecular flexibility index (Phi) is 3.13. The molecule has 0 amide bonds. The second-order valence-electron chi connectivity index (χ2n) is 4.27. The summed E-state index contributed by atoms with van der Waals surface area (Å²) in [4.78, 5) is 0.